The quantitative estimate of drug-likeness (QED) is 0.827. The van der Waals surface area contributed by atoms with Crippen LogP contribution in [0.3, 0.4) is 0 Å². The second kappa shape index (κ2) is 4.52. The maximum Gasteiger partial charge on any atom is 0.222 e. The van der Waals surface area contributed by atoms with Crippen molar-refractivity contribution in [3.05, 3.63) is 23.8 Å². The third-order valence-electron chi connectivity index (χ3n) is 3.99. The van der Waals surface area contributed by atoms with Gasteiger partial charge >= 0.3 is 0 Å². The second-order valence-corrected chi connectivity index (χ2v) is 5.21. The summed E-state index contributed by atoms with van der Waals surface area (Å²) in [5.74, 6) is -0.164. The van der Waals surface area contributed by atoms with Gasteiger partial charge in [0.15, 0.2) is 0 Å². The zero-order valence-electron chi connectivity index (χ0n) is 10.5. The molecule has 4 nitrogen and oxygen atoms in total. The molecule has 2 heterocycles. The van der Waals surface area contributed by atoms with Gasteiger partial charge < -0.3 is 16.0 Å². The van der Waals surface area contributed by atoms with E-state index in [9.17, 15) is 4.79 Å². The minimum atomic E-state index is -0.173. The minimum Gasteiger partial charge on any atom is -0.385 e. The number of nitrogens with one attached hydrogen (secondary N) is 1. The zero-order chi connectivity index (χ0) is 12.5. The van der Waals surface area contributed by atoms with Crippen LogP contribution < -0.4 is 16.0 Å². The van der Waals surface area contributed by atoms with Crippen LogP contribution in [0.25, 0.3) is 0 Å². The van der Waals surface area contributed by atoms with Gasteiger partial charge in [0, 0.05) is 31.0 Å². The maximum absolute atomic E-state index is 11.2. The fourth-order valence-corrected chi connectivity index (χ4v) is 2.87. The summed E-state index contributed by atoms with van der Waals surface area (Å²) in [6, 6.07) is 6.57. The molecule has 0 bridgehead atoms. The van der Waals surface area contributed by atoms with Crippen molar-refractivity contribution in [2.24, 2.45) is 11.7 Å². The molecule has 0 radical (unpaired) electrons. The zero-order valence-corrected chi connectivity index (χ0v) is 10.5. The van der Waals surface area contributed by atoms with Crippen LogP contribution in [0.15, 0.2) is 18.2 Å². The van der Waals surface area contributed by atoms with Gasteiger partial charge in [-0.15, -0.1) is 0 Å². The molecule has 1 aromatic rings. The number of primary amides is 1. The molecule has 1 amide bonds. The fraction of sp³-hybridized carbons (Fsp3) is 0.500. The van der Waals surface area contributed by atoms with Gasteiger partial charge in [0.1, 0.15) is 0 Å². The SMILES string of the molecule is NC(=O)C1CCN(c2ccc3c(c2)NCCC3)C1. The smallest absolute Gasteiger partial charge is 0.222 e. The van der Waals surface area contributed by atoms with Crippen LogP contribution in [0.5, 0.6) is 0 Å². The molecule has 18 heavy (non-hydrogen) atoms. The van der Waals surface area contributed by atoms with Gasteiger partial charge in [-0.25, -0.2) is 0 Å². The molecule has 1 saturated heterocycles. The lowest BCUT2D eigenvalue weighted by Crippen LogP contribution is -2.27. The van der Waals surface area contributed by atoms with Crippen molar-refractivity contribution >= 4 is 17.3 Å². The highest BCUT2D eigenvalue weighted by molar-refractivity contribution is 5.78. The van der Waals surface area contributed by atoms with Gasteiger partial charge in [-0.3, -0.25) is 4.79 Å². The molecule has 1 fully saturated rings. The number of amides is 1. The summed E-state index contributed by atoms with van der Waals surface area (Å²) in [5.41, 5.74) is 9.22. The van der Waals surface area contributed by atoms with Crippen molar-refractivity contribution in [1.82, 2.24) is 0 Å². The summed E-state index contributed by atoms with van der Waals surface area (Å²) in [7, 11) is 0. The Hall–Kier alpha value is -1.71. The Morgan fingerprint density at radius 1 is 1.44 bits per heavy atom. The molecule has 0 aliphatic carbocycles. The predicted molar refractivity (Wildman–Crippen MR) is 72.8 cm³/mol. The summed E-state index contributed by atoms with van der Waals surface area (Å²) in [6.45, 7) is 2.74. The molecule has 1 atom stereocenters. The summed E-state index contributed by atoms with van der Waals surface area (Å²) in [5, 5.41) is 3.44. The molecule has 0 aromatic heterocycles. The highest BCUT2D eigenvalue weighted by Gasteiger charge is 2.27. The van der Waals surface area contributed by atoms with E-state index in [1.54, 1.807) is 0 Å². The number of rotatable bonds is 2. The van der Waals surface area contributed by atoms with E-state index in [2.05, 4.69) is 28.4 Å². The van der Waals surface area contributed by atoms with Crippen molar-refractivity contribution in [3.8, 4) is 0 Å². The number of nitrogens with zero attached hydrogens (tertiary/aromatic N) is 1. The Labute approximate surface area is 107 Å². The van der Waals surface area contributed by atoms with Gasteiger partial charge in [-0.2, -0.15) is 0 Å². The van der Waals surface area contributed by atoms with Crippen molar-refractivity contribution in [3.63, 3.8) is 0 Å². The van der Waals surface area contributed by atoms with E-state index in [1.807, 2.05) is 0 Å². The van der Waals surface area contributed by atoms with Gasteiger partial charge in [-0.1, -0.05) is 6.07 Å². The molecule has 3 N–H and O–H groups in total. The Balaban J connectivity index is 1.79. The van der Waals surface area contributed by atoms with Crippen LogP contribution in [-0.4, -0.2) is 25.5 Å². The van der Waals surface area contributed by atoms with Gasteiger partial charge in [0.2, 0.25) is 5.91 Å². The Bertz CT molecular complexity index is 472. The fourth-order valence-electron chi connectivity index (χ4n) is 2.87. The van der Waals surface area contributed by atoms with Crippen molar-refractivity contribution < 1.29 is 4.79 Å². The highest BCUT2D eigenvalue weighted by atomic mass is 16.1. The lowest BCUT2D eigenvalue weighted by Gasteiger charge is -2.23. The van der Waals surface area contributed by atoms with E-state index in [4.69, 9.17) is 5.73 Å². The highest BCUT2D eigenvalue weighted by Crippen LogP contribution is 2.30. The van der Waals surface area contributed by atoms with E-state index in [1.165, 1.54) is 23.4 Å². The molecular weight excluding hydrogens is 226 g/mol. The van der Waals surface area contributed by atoms with Crippen LogP contribution in [0, 0.1) is 5.92 Å². The van der Waals surface area contributed by atoms with E-state index >= 15 is 0 Å². The number of hydrogen-bond donors (Lipinski definition) is 2. The third-order valence-corrected chi connectivity index (χ3v) is 3.99. The van der Waals surface area contributed by atoms with Gasteiger partial charge in [-0.05, 0) is 37.0 Å². The number of fused-ring (bicyclic) bond motifs is 1. The average molecular weight is 245 g/mol. The Morgan fingerprint density at radius 2 is 2.33 bits per heavy atom. The van der Waals surface area contributed by atoms with Crippen molar-refractivity contribution in [1.29, 1.82) is 0 Å². The molecule has 1 aromatic carbocycles. The lowest BCUT2D eigenvalue weighted by molar-refractivity contribution is -0.121. The average Bonchev–Trinajstić information content (AvgIpc) is 2.88. The molecule has 4 heteroatoms. The Morgan fingerprint density at radius 3 is 3.11 bits per heavy atom. The number of carbonyl (C=O) groups excluding carboxylic acids is 1. The molecule has 1 unspecified atom stereocenters. The minimum absolute atomic E-state index is 0.00833. The van der Waals surface area contributed by atoms with E-state index in [0.29, 0.717) is 0 Å². The van der Waals surface area contributed by atoms with Crippen LogP contribution in [0.4, 0.5) is 11.4 Å². The topological polar surface area (TPSA) is 58.4 Å². The predicted octanol–water partition coefficient (Wildman–Crippen LogP) is 1.36. The Kier molecular flexibility index (Phi) is 2.86. The summed E-state index contributed by atoms with van der Waals surface area (Å²) in [6.07, 6.45) is 3.24. The number of nitrogens with two attached hydrogens (primary N) is 1. The number of aryl methyl sites for hydroxylation is 1. The normalized spacial score (nSPS) is 22.4. The van der Waals surface area contributed by atoms with E-state index in [0.717, 1.165) is 32.5 Å². The molecule has 2 aliphatic rings. The van der Waals surface area contributed by atoms with Crippen LogP contribution in [-0.2, 0) is 11.2 Å². The first-order chi connectivity index (χ1) is 8.74. The van der Waals surface area contributed by atoms with Crippen molar-refractivity contribution in [2.75, 3.05) is 29.9 Å². The van der Waals surface area contributed by atoms with Crippen LogP contribution >= 0.6 is 0 Å². The van der Waals surface area contributed by atoms with E-state index < -0.39 is 0 Å². The lowest BCUT2D eigenvalue weighted by atomic mass is 10.0. The monoisotopic (exact) mass is 245 g/mol. The molecular formula is C14H19N3O. The van der Waals surface area contributed by atoms with Crippen molar-refractivity contribution in [2.45, 2.75) is 19.3 Å². The first-order valence-corrected chi connectivity index (χ1v) is 6.65. The summed E-state index contributed by atoms with van der Waals surface area (Å²) in [4.78, 5) is 13.5. The molecule has 3 rings (SSSR count). The number of carbonyl (C=O) groups is 1. The standard InChI is InChI=1S/C14H19N3O/c15-14(18)11-5-7-17(9-11)12-4-3-10-2-1-6-16-13(10)8-12/h3-4,8,11,16H,1-2,5-7,9H2,(H2,15,18). The van der Waals surface area contributed by atoms with Crippen LogP contribution in [0.1, 0.15) is 18.4 Å². The molecule has 0 spiro atoms. The largest absolute Gasteiger partial charge is 0.385 e. The maximum atomic E-state index is 11.2. The van der Waals surface area contributed by atoms with Gasteiger partial charge in [0.05, 0.1) is 5.92 Å². The number of hydrogen-bond acceptors (Lipinski definition) is 3. The van der Waals surface area contributed by atoms with Crippen LogP contribution in [0.2, 0.25) is 0 Å². The number of anilines is 2. The third kappa shape index (κ3) is 2.03. The first-order valence-electron chi connectivity index (χ1n) is 6.65. The van der Waals surface area contributed by atoms with Gasteiger partial charge in [0.25, 0.3) is 0 Å². The van der Waals surface area contributed by atoms with E-state index in [-0.39, 0.29) is 11.8 Å². The molecule has 0 saturated carbocycles. The molecule has 96 valence electrons. The summed E-state index contributed by atoms with van der Waals surface area (Å²) >= 11 is 0. The molecule has 2 aliphatic heterocycles. The summed E-state index contributed by atoms with van der Waals surface area (Å²) < 4.78 is 0. The first kappa shape index (κ1) is 11.4. The second-order valence-electron chi connectivity index (χ2n) is 5.21. The number of benzene rings is 1.